The predicted octanol–water partition coefficient (Wildman–Crippen LogP) is 22.8. The monoisotopic (exact) mass is 1240 g/mol. The molecule has 10 bridgehead atoms. The molecule has 6 heteroatoms. The molecule has 5 aliphatic carbocycles. The van der Waals surface area contributed by atoms with Crippen molar-refractivity contribution in [3.63, 3.8) is 0 Å². The van der Waals surface area contributed by atoms with Crippen molar-refractivity contribution in [2.45, 2.75) is 352 Å². The molecule has 0 spiro atoms. The van der Waals surface area contributed by atoms with E-state index in [1.54, 1.807) is 0 Å². The summed E-state index contributed by atoms with van der Waals surface area (Å²) < 4.78 is 24.9. The molecule has 518 valence electrons. The quantitative estimate of drug-likeness (QED) is 0.287. The zero-order chi connectivity index (χ0) is 63.1. The summed E-state index contributed by atoms with van der Waals surface area (Å²) in [5.41, 5.74) is 0.559. The number of hydrogen-bond acceptors (Lipinski definition) is 6. The first-order chi connectivity index (χ1) is 42.5. The summed E-state index contributed by atoms with van der Waals surface area (Å²) in [6.45, 7) is 31.7. The zero-order valence-corrected chi connectivity index (χ0v) is 60.8. The second kappa shape index (κ2) is 43.0. The van der Waals surface area contributed by atoms with Gasteiger partial charge in [0.25, 0.3) is 0 Å². The van der Waals surface area contributed by atoms with E-state index in [2.05, 4.69) is 76.2 Å². The molecule has 9 unspecified atom stereocenters. The molecule has 1 heterocycles. The Bertz CT molecular complexity index is 1720. The fourth-order valence-electron chi connectivity index (χ4n) is 19.5. The van der Waals surface area contributed by atoms with E-state index < -0.39 is 0 Å². The van der Waals surface area contributed by atoms with Crippen molar-refractivity contribution in [3.05, 3.63) is 0 Å². The number of fused-ring (bicyclic) bond motifs is 11. The Hall–Kier alpha value is -0.240. The first-order valence-electron chi connectivity index (χ1n) is 40.1. The second-order valence-corrected chi connectivity index (χ2v) is 35.1. The van der Waals surface area contributed by atoms with Gasteiger partial charge in [0.2, 0.25) is 0 Å². The van der Waals surface area contributed by atoms with E-state index in [-0.39, 0.29) is 25.4 Å². The third-order valence-electron chi connectivity index (χ3n) is 26.3. The normalized spacial score (nSPS) is 42.6. The van der Waals surface area contributed by atoms with Crippen molar-refractivity contribution in [1.82, 2.24) is 0 Å². The molecule has 5 saturated carbocycles. The van der Waals surface area contributed by atoms with Crippen molar-refractivity contribution in [2.24, 2.45) is 118 Å². The fraction of sp³-hybridized carbons (Fsp3) is 1.00. The molecule has 0 radical (unpaired) electrons. The van der Waals surface area contributed by atoms with E-state index in [1.807, 2.05) is 0 Å². The van der Waals surface area contributed by atoms with Crippen LogP contribution in [0.2, 0.25) is 0 Å². The van der Waals surface area contributed by atoms with Gasteiger partial charge in [0.05, 0.1) is 26.4 Å². The Balaban J connectivity index is 0.882. The maximum Gasteiger partial charge on any atom is 0.104 e. The average Bonchev–Trinajstić information content (AvgIpc) is 4.56. The summed E-state index contributed by atoms with van der Waals surface area (Å²) in [5.74, 6) is 15.9. The highest BCUT2D eigenvalue weighted by Gasteiger charge is 2.39. The highest BCUT2D eigenvalue weighted by molar-refractivity contribution is 4.90. The molecule has 6 nitrogen and oxygen atoms in total. The van der Waals surface area contributed by atoms with Crippen LogP contribution < -0.4 is 0 Å². The second-order valence-electron chi connectivity index (χ2n) is 35.1. The Kier molecular flexibility index (Phi) is 37.6. The molecule has 22 atom stereocenters. The Morgan fingerprint density at radius 3 is 1.00 bits per heavy atom. The van der Waals surface area contributed by atoms with Crippen LogP contribution in [0, 0.1) is 118 Å². The lowest BCUT2D eigenvalue weighted by molar-refractivity contribution is -0.0573. The SMILES string of the molecule is C[C@@H]1CCC[C@H](C)C2CCC(CCC[C@H](C)COC[C@H](CO)OC[C@@H](C)CCCC3CCC(C3)C3CCC[C@](C)(CC[C@H](C)CCC[C@H](C)C4CCC(CCC[C@H](C)COC[C@H](CO)OC[C@@H](C)CCCC5CCC(C5)[C@@H](C)CCC[C@@H](C)CC1)C4)C3)C2. The molecule has 2 N–H and O–H groups in total. The van der Waals surface area contributed by atoms with Gasteiger partial charge in [0.15, 0.2) is 0 Å². The summed E-state index contributed by atoms with van der Waals surface area (Å²) in [4.78, 5) is 0. The van der Waals surface area contributed by atoms with Crippen LogP contribution in [-0.4, -0.2) is 75.3 Å². The minimum Gasteiger partial charge on any atom is -0.394 e. The number of hydrogen-bond donors (Lipinski definition) is 2. The first kappa shape index (κ1) is 76.8. The van der Waals surface area contributed by atoms with Crippen molar-refractivity contribution >= 4 is 0 Å². The molecule has 6 rings (SSSR count). The zero-order valence-electron chi connectivity index (χ0n) is 60.8. The van der Waals surface area contributed by atoms with Crippen LogP contribution in [0.4, 0.5) is 0 Å². The van der Waals surface area contributed by atoms with Crippen LogP contribution in [0.1, 0.15) is 339 Å². The van der Waals surface area contributed by atoms with Crippen LogP contribution in [0.3, 0.4) is 0 Å². The van der Waals surface area contributed by atoms with Gasteiger partial charge in [0.1, 0.15) is 12.2 Å². The van der Waals surface area contributed by atoms with Gasteiger partial charge >= 0.3 is 0 Å². The van der Waals surface area contributed by atoms with Crippen molar-refractivity contribution < 1.29 is 29.2 Å². The fourth-order valence-corrected chi connectivity index (χ4v) is 19.5. The van der Waals surface area contributed by atoms with Gasteiger partial charge in [-0.1, -0.05) is 243 Å². The van der Waals surface area contributed by atoms with Crippen LogP contribution in [-0.2, 0) is 18.9 Å². The molecule has 1 saturated heterocycles. The van der Waals surface area contributed by atoms with Gasteiger partial charge in [-0.05, 0) is 214 Å². The Labute approximate surface area is 548 Å². The standard InChI is InChI=1S/C82H154O6/c1-61-20-12-27-68(8)75-41-37-71(48-75)30-15-23-64(4)56-86-60-81(54-84)88-58-67(7)26-18-33-74-40-44-78(51-74)79-34-19-46-82(11,52-79)47-45-63(3)22-14-29-70(10)77-42-38-72(49-77)31-16-24-65(5)55-85-59-80(53-83)87-57-66(6)25-17-32-73-39-43-76(50-73)69(9)28-13-21-62(2)36-35-61/h61-81,83-84H,12-60H2,1-11H3/t61-,62-,63-,64+,65+,66+,67+,68+,69+,70+,71?,72?,73?,74?,75?,76?,77?,78?,79?,80+,81+,82-/m1/s1. The van der Waals surface area contributed by atoms with E-state index in [4.69, 9.17) is 18.9 Å². The van der Waals surface area contributed by atoms with E-state index in [0.717, 1.165) is 115 Å². The van der Waals surface area contributed by atoms with Gasteiger partial charge < -0.3 is 29.2 Å². The summed E-state index contributed by atoms with van der Waals surface area (Å²) in [6.07, 6.45) is 57.4. The number of ether oxygens (including phenoxy) is 4. The summed E-state index contributed by atoms with van der Waals surface area (Å²) in [5, 5.41) is 20.4. The average molecular weight is 1240 g/mol. The van der Waals surface area contributed by atoms with Gasteiger partial charge in [-0.15, -0.1) is 0 Å². The lowest BCUT2D eigenvalue weighted by Crippen LogP contribution is -2.29. The number of rotatable bonds is 2. The summed E-state index contributed by atoms with van der Waals surface area (Å²) >= 11 is 0. The lowest BCUT2D eigenvalue weighted by Gasteiger charge is -2.41. The molecule has 6 fully saturated rings. The third-order valence-corrected chi connectivity index (χ3v) is 26.3. The van der Waals surface area contributed by atoms with Crippen LogP contribution in [0.25, 0.3) is 0 Å². The molecule has 0 aromatic heterocycles. The molecule has 0 amide bonds. The topological polar surface area (TPSA) is 77.4 Å². The minimum atomic E-state index is -0.204. The molecular formula is C82H154O6. The van der Waals surface area contributed by atoms with E-state index in [9.17, 15) is 10.2 Å². The van der Waals surface area contributed by atoms with Crippen molar-refractivity contribution in [1.29, 1.82) is 0 Å². The number of aliphatic hydroxyl groups excluding tert-OH is 2. The lowest BCUT2D eigenvalue weighted by atomic mass is 9.64. The molecule has 0 aromatic rings. The molecule has 88 heavy (non-hydrogen) atoms. The third kappa shape index (κ3) is 30.2. The largest absolute Gasteiger partial charge is 0.394 e. The Morgan fingerprint density at radius 2 is 0.614 bits per heavy atom. The van der Waals surface area contributed by atoms with Gasteiger partial charge in [0, 0.05) is 26.4 Å². The minimum absolute atomic E-state index is 0.0487. The van der Waals surface area contributed by atoms with Gasteiger partial charge in [-0.2, -0.15) is 0 Å². The number of aliphatic hydroxyl groups is 2. The van der Waals surface area contributed by atoms with Crippen LogP contribution >= 0.6 is 0 Å². The van der Waals surface area contributed by atoms with E-state index in [0.29, 0.717) is 42.3 Å². The van der Waals surface area contributed by atoms with Crippen molar-refractivity contribution in [3.8, 4) is 0 Å². The first-order valence-corrected chi connectivity index (χ1v) is 40.1. The molecule has 0 aromatic carbocycles. The maximum absolute atomic E-state index is 10.2. The van der Waals surface area contributed by atoms with Crippen LogP contribution in [0.15, 0.2) is 0 Å². The maximum atomic E-state index is 10.2. The molecule has 1 aliphatic heterocycles. The smallest absolute Gasteiger partial charge is 0.104 e. The van der Waals surface area contributed by atoms with Gasteiger partial charge in [-0.3, -0.25) is 0 Å². The van der Waals surface area contributed by atoms with E-state index in [1.165, 1.54) is 263 Å². The van der Waals surface area contributed by atoms with Crippen molar-refractivity contribution in [2.75, 3.05) is 52.9 Å². The van der Waals surface area contributed by atoms with E-state index >= 15 is 0 Å². The molecular weight excluding hydrogens is 1080 g/mol. The predicted molar refractivity (Wildman–Crippen MR) is 376 cm³/mol. The molecule has 6 aliphatic rings. The van der Waals surface area contributed by atoms with Gasteiger partial charge in [-0.25, -0.2) is 0 Å². The summed E-state index contributed by atoms with van der Waals surface area (Å²) in [6, 6.07) is 0. The highest BCUT2D eigenvalue weighted by atomic mass is 16.5. The Morgan fingerprint density at radius 1 is 0.284 bits per heavy atom. The van der Waals surface area contributed by atoms with Crippen LogP contribution in [0.5, 0.6) is 0 Å². The highest BCUT2D eigenvalue weighted by Crippen LogP contribution is 2.51. The summed E-state index contributed by atoms with van der Waals surface area (Å²) in [7, 11) is 0.